The molecule has 0 radical (unpaired) electrons. The van der Waals surface area contributed by atoms with Crippen molar-refractivity contribution in [3.05, 3.63) is 0 Å². The van der Waals surface area contributed by atoms with Crippen LogP contribution in [0.3, 0.4) is 0 Å². The fourth-order valence-electron chi connectivity index (χ4n) is 6.55. The number of aliphatic hydroxyl groups excluding tert-OH is 1. The number of hydrogen-bond acceptors (Lipinski definition) is 10. The van der Waals surface area contributed by atoms with E-state index in [2.05, 4.69) is 16.0 Å². The van der Waals surface area contributed by atoms with Gasteiger partial charge in [-0.15, -0.1) is 0 Å². The van der Waals surface area contributed by atoms with Gasteiger partial charge >= 0.3 is 5.97 Å². The molecule has 13 heteroatoms. The van der Waals surface area contributed by atoms with Crippen LogP contribution in [0, 0.1) is 28.6 Å². The highest BCUT2D eigenvalue weighted by molar-refractivity contribution is 6.37. The average Bonchev–Trinajstić information content (AvgIpc) is 3.59. The first-order valence-electron chi connectivity index (χ1n) is 16.7. The second-order valence-electron chi connectivity index (χ2n) is 15.8. The number of ether oxygens (including phenoxy) is 2. The fraction of sp³-hybridized carbons (Fsp3) is 0.848. The molecule has 3 aliphatic rings. The molecule has 3 unspecified atom stereocenters. The van der Waals surface area contributed by atoms with Crippen molar-refractivity contribution in [2.45, 2.75) is 131 Å². The molecule has 2 aliphatic heterocycles. The van der Waals surface area contributed by atoms with Crippen LogP contribution in [0.1, 0.15) is 93.9 Å². The van der Waals surface area contributed by atoms with Gasteiger partial charge in [-0.25, -0.2) is 0 Å². The summed E-state index contributed by atoms with van der Waals surface area (Å²) in [5.41, 5.74) is 3.97. The Labute approximate surface area is 273 Å². The van der Waals surface area contributed by atoms with Crippen molar-refractivity contribution >= 4 is 29.5 Å². The highest BCUT2D eigenvalue weighted by atomic mass is 16.6. The summed E-state index contributed by atoms with van der Waals surface area (Å²) in [7, 11) is 0. The van der Waals surface area contributed by atoms with Crippen molar-refractivity contribution in [3.63, 3.8) is 0 Å². The minimum absolute atomic E-state index is 0.0441. The quantitative estimate of drug-likeness (QED) is 0.104. The minimum Gasteiger partial charge on any atom is -0.459 e. The molecule has 0 aromatic carbocycles. The normalized spacial score (nSPS) is 25.0. The lowest BCUT2D eigenvalue weighted by atomic mass is 9.80. The Morgan fingerprint density at radius 2 is 1.57 bits per heavy atom. The molecule has 3 amide bonds. The number of amides is 3. The van der Waals surface area contributed by atoms with Crippen molar-refractivity contribution in [2.75, 3.05) is 19.8 Å². The van der Waals surface area contributed by atoms with Gasteiger partial charge in [0.1, 0.15) is 18.2 Å². The van der Waals surface area contributed by atoms with Crippen LogP contribution in [0.4, 0.5) is 0 Å². The molecule has 0 spiro atoms. The predicted octanol–water partition coefficient (Wildman–Crippen LogP) is 1.21. The first-order valence-corrected chi connectivity index (χ1v) is 16.7. The molecule has 46 heavy (non-hydrogen) atoms. The first-order chi connectivity index (χ1) is 21.3. The number of carbonyl (C=O) groups is 5. The molecule has 0 bridgehead atoms. The van der Waals surface area contributed by atoms with E-state index in [1.165, 1.54) is 4.90 Å². The van der Waals surface area contributed by atoms with Gasteiger partial charge < -0.3 is 30.5 Å². The Bertz CT molecular complexity index is 1110. The van der Waals surface area contributed by atoms with Crippen LogP contribution in [-0.2, 0) is 33.4 Å². The van der Waals surface area contributed by atoms with E-state index in [9.17, 15) is 29.1 Å². The lowest BCUT2D eigenvalue weighted by Crippen LogP contribution is -2.64. The van der Waals surface area contributed by atoms with Gasteiger partial charge in [-0.05, 0) is 41.4 Å². The molecule has 2 heterocycles. The molecular weight excluding hydrogens is 594 g/mol. The fourth-order valence-corrected chi connectivity index (χ4v) is 6.55. The summed E-state index contributed by atoms with van der Waals surface area (Å²) < 4.78 is 11.0. The van der Waals surface area contributed by atoms with Gasteiger partial charge in [-0.1, -0.05) is 74.7 Å². The van der Waals surface area contributed by atoms with Crippen molar-refractivity contribution in [3.8, 4) is 0 Å². The number of esters is 1. The SMILES string of the molecule is CC(C)[C@H]1CCN(C(=O)[C@@H](NC(O)N[C@H](C(=O)OC2CCOC2)C(C)(C)C)C(C)(C)C)[C@@H]1C(=O)NC(CC1CCC1)C(=O)C(N)=O. The average molecular weight is 652 g/mol. The number of nitrogens with two attached hydrogens (primary N) is 1. The molecule has 3 rings (SSSR count). The maximum Gasteiger partial charge on any atom is 0.324 e. The molecule has 2 saturated heterocycles. The molecule has 0 aromatic heterocycles. The second kappa shape index (κ2) is 15.5. The number of nitrogens with zero attached hydrogens (tertiary/aromatic N) is 1. The Hall–Kier alpha value is -2.61. The summed E-state index contributed by atoms with van der Waals surface area (Å²) in [5, 5.41) is 19.9. The molecule has 7 atom stereocenters. The van der Waals surface area contributed by atoms with Crippen LogP contribution in [0.15, 0.2) is 0 Å². The van der Waals surface area contributed by atoms with E-state index >= 15 is 0 Å². The van der Waals surface area contributed by atoms with E-state index in [-0.39, 0.29) is 23.9 Å². The summed E-state index contributed by atoms with van der Waals surface area (Å²) in [5.74, 6) is -3.29. The van der Waals surface area contributed by atoms with Crippen LogP contribution in [0.5, 0.6) is 0 Å². The lowest BCUT2D eigenvalue weighted by Gasteiger charge is -2.39. The van der Waals surface area contributed by atoms with E-state index in [0.717, 1.165) is 19.3 Å². The highest BCUT2D eigenvalue weighted by Gasteiger charge is 2.48. The largest absolute Gasteiger partial charge is 0.459 e. The Balaban J connectivity index is 1.81. The third-order valence-electron chi connectivity index (χ3n) is 9.56. The second-order valence-corrected chi connectivity index (χ2v) is 15.8. The van der Waals surface area contributed by atoms with Crippen LogP contribution < -0.4 is 21.7 Å². The topological polar surface area (TPSA) is 189 Å². The zero-order valence-electron chi connectivity index (χ0n) is 28.9. The summed E-state index contributed by atoms with van der Waals surface area (Å²) >= 11 is 0. The van der Waals surface area contributed by atoms with Gasteiger partial charge in [0.25, 0.3) is 5.91 Å². The van der Waals surface area contributed by atoms with Crippen LogP contribution >= 0.6 is 0 Å². The number of Topliss-reactive ketones (excluding diaryl/α,β-unsaturated/α-hetero) is 1. The first kappa shape index (κ1) is 37.8. The molecule has 262 valence electrons. The lowest BCUT2D eigenvalue weighted by molar-refractivity contribution is -0.156. The van der Waals surface area contributed by atoms with Gasteiger partial charge in [0.05, 0.1) is 25.3 Å². The zero-order valence-corrected chi connectivity index (χ0v) is 28.9. The summed E-state index contributed by atoms with van der Waals surface area (Å²) in [6, 6.07) is -3.81. The summed E-state index contributed by atoms with van der Waals surface area (Å²) in [4.78, 5) is 67.4. The van der Waals surface area contributed by atoms with Gasteiger partial charge in [0.15, 0.2) is 6.35 Å². The van der Waals surface area contributed by atoms with Gasteiger partial charge in [-0.3, -0.25) is 34.6 Å². The number of ketones is 1. The Kier molecular flexibility index (Phi) is 12.8. The third kappa shape index (κ3) is 9.71. The number of rotatable bonds is 14. The van der Waals surface area contributed by atoms with Gasteiger partial charge in [0, 0.05) is 13.0 Å². The molecule has 13 nitrogen and oxygen atoms in total. The smallest absolute Gasteiger partial charge is 0.324 e. The van der Waals surface area contributed by atoms with Crippen molar-refractivity contribution in [2.24, 2.45) is 34.3 Å². The number of likely N-dealkylation sites (tertiary alicyclic amines) is 1. The van der Waals surface area contributed by atoms with Crippen LogP contribution in [-0.4, -0.2) is 95.9 Å². The number of primary amides is 1. The number of hydrogen-bond donors (Lipinski definition) is 5. The van der Waals surface area contributed by atoms with Crippen molar-refractivity contribution in [1.82, 2.24) is 20.9 Å². The van der Waals surface area contributed by atoms with Crippen molar-refractivity contribution < 1.29 is 38.6 Å². The monoisotopic (exact) mass is 651 g/mol. The Morgan fingerprint density at radius 3 is 2.04 bits per heavy atom. The Morgan fingerprint density at radius 1 is 0.957 bits per heavy atom. The summed E-state index contributed by atoms with van der Waals surface area (Å²) in [6.07, 6.45) is 2.54. The standard InChI is InChI=1S/C33H57N5O8/c1-18(2)21-12-14-38(23(21)28(41)35-22(24(39)27(34)40)16-19-10-9-11-19)29(42)25(32(3,4)5)36-31(44)37-26(33(6,7)8)30(43)46-20-13-15-45-17-20/h18-23,25-26,31,36-37,44H,9-17H2,1-8H3,(H2,34,40)(H,35,41)/t20?,21-,22?,23+,25-,26-,31?/m1/s1. The molecule has 1 aliphatic carbocycles. The van der Waals surface area contributed by atoms with Crippen LogP contribution in [0.2, 0.25) is 0 Å². The van der Waals surface area contributed by atoms with Gasteiger partial charge in [0.2, 0.25) is 17.6 Å². The molecule has 0 aromatic rings. The number of carbonyl (C=O) groups excluding carboxylic acids is 5. The molecule has 6 N–H and O–H groups in total. The zero-order chi connectivity index (χ0) is 34.6. The van der Waals surface area contributed by atoms with E-state index in [1.54, 1.807) is 0 Å². The van der Waals surface area contributed by atoms with E-state index < -0.39 is 70.8 Å². The van der Waals surface area contributed by atoms with E-state index in [4.69, 9.17) is 15.2 Å². The van der Waals surface area contributed by atoms with Crippen LogP contribution in [0.25, 0.3) is 0 Å². The molecular formula is C33H57N5O8. The molecule has 1 saturated carbocycles. The highest BCUT2D eigenvalue weighted by Crippen LogP contribution is 2.35. The maximum atomic E-state index is 14.3. The third-order valence-corrected chi connectivity index (χ3v) is 9.56. The van der Waals surface area contributed by atoms with E-state index in [0.29, 0.717) is 39.0 Å². The van der Waals surface area contributed by atoms with Gasteiger partial charge in [-0.2, -0.15) is 0 Å². The maximum absolute atomic E-state index is 14.3. The minimum atomic E-state index is -1.47. The number of nitrogens with one attached hydrogen (secondary N) is 3. The summed E-state index contributed by atoms with van der Waals surface area (Å²) in [6.45, 7) is 16.2. The molecule has 3 fully saturated rings. The predicted molar refractivity (Wildman–Crippen MR) is 171 cm³/mol. The number of aliphatic hydroxyl groups is 1. The van der Waals surface area contributed by atoms with Crippen molar-refractivity contribution in [1.29, 1.82) is 0 Å². The van der Waals surface area contributed by atoms with E-state index in [1.807, 2.05) is 55.4 Å².